The van der Waals surface area contributed by atoms with E-state index in [9.17, 15) is 4.39 Å². The molecule has 0 aliphatic heterocycles. The minimum absolute atomic E-state index is 0. The summed E-state index contributed by atoms with van der Waals surface area (Å²) < 4.78 is 12.5. The molecule has 12 heavy (non-hydrogen) atoms. The summed E-state index contributed by atoms with van der Waals surface area (Å²) >= 11 is 0. The van der Waals surface area contributed by atoms with Crippen molar-refractivity contribution in [2.45, 2.75) is 19.4 Å². The van der Waals surface area contributed by atoms with Gasteiger partial charge in [-0.05, 0) is 26.0 Å². The number of hydrogen-bond acceptors (Lipinski definition) is 2. The average molecular weight is 191 g/mol. The molecule has 1 aromatic heterocycles. The summed E-state index contributed by atoms with van der Waals surface area (Å²) in [6.07, 6.45) is 0. The molecule has 0 aliphatic rings. The van der Waals surface area contributed by atoms with E-state index in [1.807, 2.05) is 0 Å². The van der Waals surface area contributed by atoms with Gasteiger partial charge in [-0.3, -0.25) is 0 Å². The standard InChI is InChI=1S/C8H11FN2.ClH/c1-8(2,10)6-4-3-5-7(9)11-6;/h3-5H,10H2,1-2H3;1H. The van der Waals surface area contributed by atoms with E-state index in [1.54, 1.807) is 26.0 Å². The first-order chi connectivity index (χ1) is 5.00. The lowest BCUT2D eigenvalue weighted by atomic mass is 10.0. The molecule has 0 spiro atoms. The number of aromatic nitrogens is 1. The van der Waals surface area contributed by atoms with Gasteiger partial charge >= 0.3 is 0 Å². The molecule has 4 heteroatoms. The molecular formula is C8H12ClFN2. The van der Waals surface area contributed by atoms with Gasteiger partial charge in [0.15, 0.2) is 0 Å². The highest BCUT2D eigenvalue weighted by Crippen LogP contribution is 2.13. The van der Waals surface area contributed by atoms with E-state index in [4.69, 9.17) is 5.73 Å². The third-order valence-electron chi connectivity index (χ3n) is 1.38. The van der Waals surface area contributed by atoms with E-state index >= 15 is 0 Å². The SMILES string of the molecule is CC(C)(N)c1cccc(F)n1.Cl. The summed E-state index contributed by atoms with van der Waals surface area (Å²) in [5.41, 5.74) is 5.70. The van der Waals surface area contributed by atoms with Crippen LogP contribution in [0.4, 0.5) is 4.39 Å². The van der Waals surface area contributed by atoms with Crippen LogP contribution in [0.5, 0.6) is 0 Å². The van der Waals surface area contributed by atoms with Gasteiger partial charge in [0.25, 0.3) is 0 Å². The third kappa shape index (κ3) is 2.75. The monoisotopic (exact) mass is 190 g/mol. The van der Waals surface area contributed by atoms with Crippen LogP contribution in [0.2, 0.25) is 0 Å². The Hall–Kier alpha value is -0.670. The van der Waals surface area contributed by atoms with Gasteiger partial charge in [-0.2, -0.15) is 4.39 Å². The van der Waals surface area contributed by atoms with Crippen molar-refractivity contribution in [3.8, 4) is 0 Å². The molecule has 0 saturated carbocycles. The molecule has 0 atom stereocenters. The number of hydrogen-bond donors (Lipinski definition) is 1. The van der Waals surface area contributed by atoms with Gasteiger partial charge in [0.2, 0.25) is 5.95 Å². The molecule has 0 bridgehead atoms. The van der Waals surface area contributed by atoms with Crippen LogP contribution >= 0.6 is 12.4 Å². The van der Waals surface area contributed by atoms with Crippen molar-refractivity contribution < 1.29 is 4.39 Å². The molecule has 1 aromatic rings. The Labute approximate surface area is 77.4 Å². The summed E-state index contributed by atoms with van der Waals surface area (Å²) in [6, 6.07) is 4.62. The highest BCUT2D eigenvalue weighted by Gasteiger charge is 2.15. The summed E-state index contributed by atoms with van der Waals surface area (Å²) in [5.74, 6) is -0.485. The first-order valence-electron chi connectivity index (χ1n) is 3.42. The highest BCUT2D eigenvalue weighted by molar-refractivity contribution is 5.85. The molecule has 2 nitrogen and oxygen atoms in total. The topological polar surface area (TPSA) is 38.9 Å². The predicted octanol–water partition coefficient (Wildman–Crippen LogP) is 1.84. The zero-order valence-corrected chi connectivity index (χ0v) is 7.86. The van der Waals surface area contributed by atoms with Crippen LogP contribution in [0.1, 0.15) is 19.5 Å². The average Bonchev–Trinajstić information content (AvgIpc) is 1.86. The van der Waals surface area contributed by atoms with Crippen molar-refractivity contribution in [2.75, 3.05) is 0 Å². The first kappa shape index (κ1) is 11.3. The predicted molar refractivity (Wildman–Crippen MR) is 48.7 cm³/mol. The second-order valence-corrected chi connectivity index (χ2v) is 3.07. The lowest BCUT2D eigenvalue weighted by Crippen LogP contribution is -2.30. The molecule has 0 radical (unpaired) electrons. The molecule has 1 rings (SSSR count). The summed E-state index contributed by atoms with van der Waals surface area (Å²) in [4.78, 5) is 3.65. The minimum atomic E-state index is -0.567. The van der Waals surface area contributed by atoms with Gasteiger partial charge in [0.1, 0.15) is 0 Å². The lowest BCUT2D eigenvalue weighted by Gasteiger charge is -2.16. The molecular weight excluding hydrogens is 179 g/mol. The molecule has 0 aliphatic carbocycles. The van der Waals surface area contributed by atoms with Crippen LogP contribution in [-0.2, 0) is 5.54 Å². The van der Waals surface area contributed by atoms with E-state index in [2.05, 4.69) is 4.98 Å². The number of halogens is 2. The van der Waals surface area contributed by atoms with E-state index in [0.717, 1.165) is 0 Å². The molecule has 2 N–H and O–H groups in total. The van der Waals surface area contributed by atoms with Crippen molar-refractivity contribution in [1.82, 2.24) is 4.98 Å². The van der Waals surface area contributed by atoms with E-state index < -0.39 is 11.5 Å². The number of pyridine rings is 1. The maximum Gasteiger partial charge on any atom is 0.213 e. The fraction of sp³-hybridized carbons (Fsp3) is 0.375. The molecule has 0 unspecified atom stereocenters. The van der Waals surface area contributed by atoms with Crippen LogP contribution in [-0.4, -0.2) is 4.98 Å². The van der Waals surface area contributed by atoms with Gasteiger partial charge in [-0.1, -0.05) is 6.07 Å². The Morgan fingerprint density at radius 3 is 2.33 bits per heavy atom. The first-order valence-corrected chi connectivity index (χ1v) is 3.42. The van der Waals surface area contributed by atoms with Crippen LogP contribution in [0, 0.1) is 5.95 Å². The molecule has 0 fully saturated rings. The van der Waals surface area contributed by atoms with Crippen molar-refractivity contribution in [3.63, 3.8) is 0 Å². The number of rotatable bonds is 1. The molecule has 0 saturated heterocycles. The van der Waals surface area contributed by atoms with Gasteiger partial charge in [-0.25, -0.2) is 4.98 Å². The fourth-order valence-corrected chi connectivity index (χ4v) is 0.767. The maximum absolute atomic E-state index is 12.5. The van der Waals surface area contributed by atoms with Gasteiger partial charge < -0.3 is 5.73 Å². The Kier molecular flexibility index (Phi) is 3.61. The van der Waals surface area contributed by atoms with Crippen molar-refractivity contribution in [3.05, 3.63) is 29.8 Å². The van der Waals surface area contributed by atoms with Crippen molar-refractivity contribution in [1.29, 1.82) is 0 Å². The van der Waals surface area contributed by atoms with Crippen LogP contribution in [0.15, 0.2) is 18.2 Å². The Morgan fingerprint density at radius 2 is 2.00 bits per heavy atom. The molecule has 0 aromatic carbocycles. The number of nitrogens with zero attached hydrogens (tertiary/aromatic N) is 1. The second-order valence-electron chi connectivity index (χ2n) is 3.07. The maximum atomic E-state index is 12.5. The van der Waals surface area contributed by atoms with Gasteiger partial charge in [-0.15, -0.1) is 12.4 Å². The third-order valence-corrected chi connectivity index (χ3v) is 1.38. The Bertz CT molecular complexity index is 257. The van der Waals surface area contributed by atoms with E-state index in [0.29, 0.717) is 5.69 Å². The number of nitrogens with two attached hydrogens (primary N) is 1. The smallest absolute Gasteiger partial charge is 0.213 e. The van der Waals surface area contributed by atoms with Crippen molar-refractivity contribution in [2.24, 2.45) is 5.73 Å². The van der Waals surface area contributed by atoms with E-state index in [-0.39, 0.29) is 12.4 Å². The van der Waals surface area contributed by atoms with E-state index in [1.165, 1.54) is 6.07 Å². The normalized spacial score (nSPS) is 10.7. The zero-order chi connectivity index (χ0) is 8.48. The second kappa shape index (κ2) is 3.83. The summed E-state index contributed by atoms with van der Waals surface area (Å²) in [6.45, 7) is 3.57. The Morgan fingerprint density at radius 1 is 1.42 bits per heavy atom. The van der Waals surface area contributed by atoms with Crippen LogP contribution in [0.3, 0.4) is 0 Å². The van der Waals surface area contributed by atoms with Crippen molar-refractivity contribution >= 4 is 12.4 Å². The van der Waals surface area contributed by atoms with Gasteiger partial charge in [0.05, 0.1) is 11.2 Å². The minimum Gasteiger partial charge on any atom is -0.321 e. The quantitative estimate of drug-likeness (QED) is 0.687. The summed E-state index contributed by atoms with van der Waals surface area (Å²) in [5, 5.41) is 0. The highest BCUT2D eigenvalue weighted by atomic mass is 35.5. The molecule has 0 amide bonds. The lowest BCUT2D eigenvalue weighted by molar-refractivity contribution is 0.503. The largest absolute Gasteiger partial charge is 0.321 e. The zero-order valence-electron chi connectivity index (χ0n) is 7.04. The van der Waals surface area contributed by atoms with Crippen LogP contribution in [0.25, 0.3) is 0 Å². The van der Waals surface area contributed by atoms with Gasteiger partial charge in [0, 0.05) is 0 Å². The van der Waals surface area contributed by atoms with Crippen LogP contribution < -0.4 is 5.73 Å². The molecule has 1 heterocycles. The summed E-state index contributed by atoms with van der Waals surface area (Å²) in [7, 11) is 0. The molecule has 68 valence electrons. The fourth-order valence-electron chi connectivity index (χ4n) is 0.767. The Balaban J connectivity index is 0.00000121.